The number of piperidine rings is 1. The molecular weight excluding hydrogens is 314 g/mol. The Kier molecular flexibility index (Phi) is 6.98. The minimum atomic E-state index is -0.296. The Morgan fingerprint density at radius 3 is 2.91 bits per heavy atom. The van der Waals surface area contributed by atoms with Gasteiger partial charge in [-0.05, 0) is 44.7 Å². The summed E-state index contributed by atoms with van der Waals surface area (Å²) in [6.45, 7) is 6.36. The first-order valence-corrected chi connectivity index (χ1v) is 9.07. The van der Waals surface area contributed by atoms with Crippen molar-refractivity contribution >= 4 is 28.3 Å². The lowest BCUT2D eigenvalue weighted by Crippen LogP contribution is -2.32. The van der Waals surface area contributed by atoms with Crippen molar-refractivity contribution in [2.45, 2.75) is 39.5 Å². The summed E-state index contributed by atoms with van der Waals surface area (Å²) in [6.07, 6.45) is 2.92. The fourth-order valence-electron chi connectivity index (χ4n) is 2.85. The van der Waals surface area contributed by atoms with Crippen molar-refractivity contribution in [3.05, 3.63) is 11.1 Å². The van der Waals surface area contributed by atoms with E-state index in [0.29, 0.717) is 35.7 Å². The van der Waals surface area contributed by atoms with Crippen molar-refractivity contribution in [1.82, 2.24) is 10.3 Å². The molecule has 1 aromatic rings. The molecule has 0 aliphatic carbocycles. The smallest absolute Gasteiger partial charge is 0.311 e. The van der Waals surface area contributed by atoms with Gasteiger partial charge in [-0.15, -0.1) is 11.3 Å². The van der Waals surface area contributed by atoms with Gasteiger partial charge in [-0.3, -0.25) is 9.59 Å². The standard InChI is InChI=1S/C16H25N3O3S/c1-3-22-15(21)9-13-10-23-16(18-13)19-14(20)8-11(2)12-4-6-17-7-5-12/h10-12,17H,3-9H2,1-2H3,(H,18,19,20). The lowest BCUT2D eigenvalue weighted by molar-refractivity contribution is -0.142. The zero-order valence-electron chi connectivity index (χ0n) is 13.8. The zero-order chi connectivity index (χ0) is 16.7. The molecule has 2 rings (SSSR count). The van der Waals surface area contributed by atoms with Gasteiger partial charge >= 0.3 is 5.97 Å². The molecule has 7 heteroatoms. The van der Waals surface area contributed by atoms with Gasteiger partial charge in [-0.1, -0.05) is 6.92 Å². The van der Waals surface area contributed by atoms with Crippen LogP contribution in [0.5, 0.6) is 0 Å². The number of carbonyl (C=O) groups excluding carboxylic acids is 2. The summed E-state index contributed by atoms with van der Waals surface area (Å²) in [4.78, 5) is 27.8. The highest BCUT2D eigenvalue weighted by molar-refractivity contribution is 7.13. The number of hydrogen-bond donors (Lipinski definition) is 2. The molecule has 1 aliphatic rings. The fourth-order valence-corrected chi connectivity index (χ4v) is 3.57. The summed E-state index contributed by atoms with van der Waals surface area (Å²) in [5.74, 6) is 0.678. The number of ether oxygens (including phenoxy) is 1. The predicted octanol–water partition coefficient (Wildman–Crippen LogP) is 2.21. The first-order valence-electron chi connectivity index (χ1n) is 8.19. The Hall–Kier alpha value is -1.47. The molecule has 1 aromatic heterocycles. The number of nitrogens with zero attached hydrogens (tertiary/aromatic N) is 1. The maximum atomic E-state index is 12.1. The highest BCUT2D eigenvalue weighted by Gasteiger charge is 2.22. The Labute approximate surface area is 141 Å². The second kappa shape index (κ2) is 8.98. The number of esters is 1. The second-order valence-electron chi connectivity index (χ2n) is 5.94. The summed E-state index contributed by atoms with van der Waals surface area (Å²) in [5, 5.41) is 8.51. The van der Waals surface area contributed by atoms with Crippen LogP contribution in [0.3, 0.4) is 0 Å². The number of carbonyl (C=O) groups is 2. The minimum absolute atomic E-state index is 0.00642. The van der Waals surface area contributed by atoms with E-state index in [9.17, 15) is 9.59 Å². The summed E-state index contributed by atoms with van der Waals surface area (Å²) in [5.41, 5.74) is 0.634. The second-order valence-corrected chi connectivity index (χ2v) is 6.80. The van der Waals surface area contributed by atoms with Gasteiger partial charge in [-0.2, -0.15) is 0 Å². The number of thiazole rings is 1. The van der Waals surface area contributed by atoms with Crippen molar-refractivity contribution in [1.29, 1.82) is 0 Å². The van der Waals surface area contributed by atoms with Gasteiger partial charge in [0.25, 0.3) is 0 Å². The van der Waals surface area contributed by atoms with Crippen molar-refractivity contribution in [2.24, 2.45) is 11.8 Å². The number of aromatic nitrogens is 1. The third kappa shape index (κ3) is 5.91. The summed E-state index contributed by atoms with van der Waals surface area (Å²) < 4.78 is 4.89. The quantitative estimate of drug-likeness (QED) is 0.745. The molecule has 6 nitrogen and oxygen atoms in total. The molecule has 0 radical (unpaired) electrons. The van der Waals surface area contributed by atoms with Crippen LogP contribution in [0.25, 0.3) is 0 Å². The molecule has 1 aliphatic heterocycles. The van der Waals surface area contributed by atoms with Gasteiger partial charge in [0.1, 0.15) is 0 Å². The largest absolute Gasteiger partial charge is 0.466 e. The van der Waals surface area contributed by atoms with Crippen LogP contribution < -0.4 is 10.6 Å². The molecule has 0 saturated carbocycles. The summed E-state index contributed by atoms with van der Waals surface area (Å²) >= 11 is 1.34. The van der Waals surface area contributed by atoms with E-state index in [1.54, 1.807) is 12.3 Å². The maximum absolute atomic E-state index is 12.1. The Morgan fingerprint density at radius 2 is 2.22 bits per heavy atom. The van der Waals surface area contributed by atoms with E-state index in [4.69, 9.17) is 4.74 Å². The third-order valence-corrected chi connectivity index (χ3v) is 4.93. The highest BCUT2D eigenvalue weighted by atomic mass is 32.1. The molecule has 1 saturated heterocycles. The molecule has 2 heterocycles. The lowest BCUT2D eigenvalue weighted by Gasteiger charge is -2.27. The van der Waals surface area contributed by atoms with Gasteiger partial charge in [0.15, 0.2) is 5.13 Å². The van der Waals surface area contributed by atoms with Crippen LogP contribution in [0, 0.1) is 11.8 Å². The van der Waals surface area contributed by atoms with E-state index >= 15 is 0 Å². The van der Waals surface area contributed by atoms with Gasteiger partial charge in [0.2, 0.25) is 5.91 Å². The predicted molar refractivity (Wildman–Crippen MR) is 90.5 cm³/mol. The van der Waals surface area contributed by atoms with Gasteiger partial charge in [0, 0.05) is 11.8 Å². The molecule has 0 spiro atoms. The van der Waals surface area contributed by atoms with Crippen molar-refractivity contribution < 1.29 is 14.3 Å². The third-order valence-electron chi connectivity index (χ3n) is 4.12. The molecular formula is C16H25N3O3S. The van der Waals surface area contributed by atoms with Crippen LogP contribution in [-0.2, 0) is 20.7 Å². The van der Waals surface area contributed by atoms with Crippen molar-refractivity contribution in [3.8, 4) is 0 Å². The van der Waals surface area contributed by atoms with Crippen LogP contribution in [0.1, 0.15) is 38.8 Å². The maximum Gasteiger partial charge on any atom is 0.311 e. The van der Waals surface area contributed by atoms with Crippen molar-refractivity contribution in [3.63, 3.8) is 0 Å². The Balaban J connectivity index is 1.78. The number of hydrogen-bond acceptors (Lipinski definition) is 6. The first kappa shape index (κ1) is 17.9. The van der Waals surface area contributed by atoms with E-state index in [1.807, 2.05) is 0 Å². The fraction of sp³-hybridized carbons (Fsp3) is 0.688. The van der Waals surface area contributed by atoms with Gasteiger partial charge < -0.3 is 15.4 Å². The topological polar surface area (TPSA) is 80.3 Å². The molecule has 0 bridgehead atoms. The molecule has 128 valence electrons. The summed E-state index contributed by atoms with van der Waals surface area (Å²) in [6, 6.07) is 0. The first-order chi connectivity index (χ1) is 11.1. The average molecular weight is 339 g/mol. The molecule has 2 N–H and O–H groups in total. The van der Waals surface area contributed by atoms with Gasteiger partial charge in [-0.25, -0.2) is 4.98 Å². The Bertz CT molecular complexity index is 526. The van der Waals surface area contributed by atoms with E-state index in [0.717, 1.165) is 25.9 Å². The van der Waals surface area contributed by atoms with Crippen LogP contribution in [0.2, 0.25) is 0 Å². The normalized spacial score (nSPS) is 16.8. The number of nitrogens with one attached hydrogen (secondary N) is 2. The number of anilines is 1. The van der Waals surface area contributed by atoms with Crippen LogP contribution >= 0.6 is 11.3 Å². The molecule has 1 fully saturated rings. The average Bonchev–Trinajstić information content (AvgIpc) is 2.95. The molecule has 1 atom stereocenters. The SMILES string of the molecule is CCOC(=O)Cc1csc(NC(=O)CC(C)C2CCNCC2)n1. The number of amides is 1. The van der Waals surface area contributed by atoms with Crippen molar-refractivity contribution in [2.75, 3.05) is 25.0 Å². The minimum Gasteiger partial charge on any atom is -0.466 e. The molecule has 23 heavy (non-hydrogen) atoms. The molecule has 1 amide bonds. The summed E-state index contributed by atoms with van der Waals surface area (Å²) in [7, 11) is 0. The van der Waals surface area contributed by atoms with E-state index in [1.165, 1.54) is 11.3 Å². The van der Waals surface area contributed by atoms with E-state index in [-0.39, 0.29) is 18.3 Å². The van der Waals surface area contributed by atoms with Gasteiger partial charge in [0.05, 0.1) is 18.7 Å². The highest BCUT2D eigenvalue weighted by Crippen LogP contribution is 2.25. The molecule has 1 unspecified atom stereocenters. The number of rotatable bonds is 7. The lowest BCUT2D eigenvalue weighted by atomic mass is 9.84. The Morgan fingerprint density at radius 1 is 1.48 bits per heavy atom. The van der Waals surface area contributed by atoms with E-state index < -0.39 is 0 Å². The molecule has 0 aromatic carbocycles. The van der Waals surface area contributed by atoms with Crippen LogP contribution in [0.15, 0.2) is 5.38 Å². The van der Waals surface area contributed by atoms with E-state index in [2.05, 4.69) is 22.5 Å². The monoisotopic (exact) mass is 339 g/mol. The zero-order valence-corrected chi connectivity index (χ0v) is 14.6. The van der Waals surface area contributed by atoms with Crippen LogP contribution in [-0.4, -0.2) is 36.6 Å². The van der Waals surface area contributed by atoms with Crippen LogP contribution in [0.4, 0.5) is 5.13 Å².